The predicted molar refractivity (Wildman–Crippen MR) is 71.2 cm³/mol. The van der Waals surface area contributed by atoms with Crippen molar-refractivity contribution in [2.24, 2.45) is 0 Å². The van der Waals surface area contributed by atoms with E-state index in [4.69, 9.17) is 0 Å². The van der Waals surface area contributed by atoms with Crippen LogP contribution in [-0.4, -0.2) is 10.3 Å². The summed E-state index contributed by atoms with van der Waals surface area (Å²) in [5.74, 6) is 0.734. The van der Waals surface area contributed by atoms with Crippen molar-refractivity contribution in [2.75, 3.05) is 5.75 Å². The Kier molecular flexibility index (Phi) is 3.47. The molecule has 0 amide bonds. The number of thiol groups is 1. The molecule has 0 atom stereocenters. The lowest BCUT2D eigenvalue weighted by Crippen LogP contribution is -2.06. The average Bonchev–Trinajstić information content (AvgIpc) is 2.33. The van der Waals surface area contributed by atoms with Crippen LogP contribution < -0.4 is 5.43 Å². The number of rotatable bonds is 3. The maximum absolute atomic E-state index is 11.6. The Morgan fingerprint density at radius 2 is 2.00 bits per heavy atom. The summed E-state index contributed by atoms with van der Waals surface area (Å²) >= 11 is 4.11. The fourth-order valence-corrected chi connectivity index (χ4v) is 1.83. The second-order valence-corrected chi connectivity index (χ2v) is 3.87. The Labute approximate surface area is 99.6 Å². The van der Waals surface area contributed by atoms with Gasteiger partial charge in [0.25, 0.3) is 0 Å². The zero-order valence-electron chi connectivity index (χ0n) is 8.84. The predicted octanol–water partition coefficient (Wildman–Crippen LogP) is 2.49. The molecule has 16 heavy (non-hydrogen) atoms. The first-order valence-electron chi connectivity index (χ1n) is 5.17. The van der Waals surface area contributed by atoms with Crippen LogP contribution in [0.5, 0.6) is 0 Å². The minimum Gasteiger partial charge on any atom is -0.343 e. The van der Waals surface area contributed by atoms with Gasteiger partial charge in [0.2, 0.25) is 0 Å². The van der Waals surface area contributed by atoms with Gasteiger partial charge in [-0.15, -0.1) is 0 Å². The zero-order valence-corrected chi connectivity index (χ0v) is 9.73. The van der Waals surface area contributed by atoms with Crippen LogP contribution in [0.15, 0.2) is 53.5 Å². The van der Waals surface area contributed by atoms with Gasteiger partial charge in [0.15, 0.2) is 5.43 Å². The van der Waals surface area contributed by atoms with Gasteiger partial charge in [-0.1, -0.05) is 24.3 Å². The average molecular weight is 231 g/mol. The van der Waals surface area contributed by atoms with Crippen molar-refractivity contribution < 1.29 is 0 Å². The number of para-hydroxylation sites is 1. The molecule has 2 aromatic rings. The van der Waals surface area contributed by atoms with E-state index >= 15 is 0 Å². The van der Waals surface area contributed by atoms with Gasteiger partial charge in [0.1, 0.15) is 0 Å². The van der Waals surface area contributed by atoms with E-state index in [1.54, 1.807) is 6.07 Å². The van der Waals surface area contributed by atoms with Gasteiger partial charge < -0.3 is 4.57 Å². The van der Waals surface area contributed by atoms with Crippen LogP contribution in [0, 0.1) is 0 Å². The van der Waals surface area contributed by atoms with E-state index < -0.39 is 0 Å². The molecule has 0 spiro atoms. The first kappa shape index (κ1) is 11.0. The summed E-state index contributed by atoms with van der Waals surface area (Å²) in [6.45, 7) is 0.765. The summed E-state index contributed by atoms with van der Waals surface area (Å²) in [4.78, 5) is 11.6. The van der Waals surface area contributed by atoms with Crippen LogP contribution in [0.3, 0.4) is 0 Å². The second kappa shape index (κ2) is 5.03. The van der Waals surface area contributed by atoms with Crippen LogP contribution in [0.4, 0.5) is 0 Å². The molecule has 0 unspecified atom stereocenters. The van der Waals surface area contributed by atoms with Gasteiger partial charge in [0.05, 0.1) is 5.52 Å². The summed E-state index contributed by atoms with van der Waals surface area (Å²) in [6, 6.07) is 9.26. The highest BCUT2D eigenvalue weighted by atomic mass is 32.1. The first-order chi connectivity index (χ1) is 7.83. The normalized spacial score (nSPS) is 11.3. The lowest BCUT2D eigenvalue weighted by molar-refractivity contribution is 0.850. The van der Waals surface area contributed by atoms with Crippen LogP contribution in [-0.2, 0) is 6.54 Å². The van der Waals surface area contributed by atoms with E-state index in [1.807, 2.05) is 42.6 Å². The molecule has 3 heteroatoms. The maximum atomic E-state index is 11.6. The molecular formula is C13H13NOS. The highest BCUT2D eigenvalue weighted by Crippen LogP contribution is 2.09. The quantitative estimate of drug-likeness (QED) is 0.636. The van der Waals surface area contributed by atoms with Crippen molar-refractivity contribution in [3.05, 3.63) is 58.9 Å². The number of aromatic nitrogens is 1. The number of pyridine rings is 1. The van der Waals surface area contributed by atoms with Crippen LogP contribution in [0.1, 0.15) is 0 Å². The smallest absolute Gasteiger partial charge is 0.189 e. The van der Waals surface area contributed by atoms with Crippen molar-refractivity contribution in [1.29, 1.82) is 0 Å². The molecule has 0 radical (unpaired) electrons. The maximum Gasteiger partial charge on any atom is 0.189 e. The van der Waals surface area contributed by atoms with Crippen molar-refractivity contribution >= 4 is 23.5 Å². The Morgan fingerprint density at radius 3 is 2.81 bits per heavy atom. The Hall–Kier alpha value is -1.48. The van der Waals surface area contributed by atoms with E-state index in [1.165, 1.54) is 0 Å². The second-order valence-electron chi connectivity index (χ2n) is 3.50. The number of nitrogens with zero attached hydrogens (tertiary/aromatic N) is 1. The van der Waals surface area contributed by atoms with Crippen LogP contribution >= 0.6 is 12.6 Å². The van der Waals surface area contributed by atoms with Gasteiger partial charge in [0, 0.05) is 29.9 Å². The molecule has 0 saturated carbocycles. The van der Waals surface area contributed by atoms with Gasteiger partial charge in [-0.05, 0) is 12.1 Å². The first-order valence-corrected chi connectivity index (χ1v) is 5.80. The molecule has 1 aromatic carbocycles. The molecule has 0 fully saturated rings. The Balaban J connectivity index is 2.50. The molecule has 2 rings (SSSR count). The summed E-state index contributed by atoms with van der Waals surface area (Å²) in [5, 5.41) is 0.768. The number of hydrogen-bond donors (Lipinski definition) is 1. The highest BCUT2D eigenvalue weighted by molar-refractivity contribution is 7.80. The topological polar surface area (TPSA) is 22.0 Å². The minimum absolute atomic E-state index is 0.0741. The minimum atomic E-state index is 0.0741. The zero-order chi connectivity index (χ0) is 11.4. The third-order valence-corrected chi connectivity index (χ3v) is 2.67. The molecule has 2 nitrogen and oxygen atoms in total. The Morgan fingerprint density at radius 1 is 1.19 bits per heavy atom. The summed E-state index contributed by atoms with van der Waals surface area (Å²) in [7, 11) is 0. The third-order valence-electron chi connectivity index (χ3n) is 2.46. The van der Waals surface area contributed by atoms with Crippen LogP contribution in [0.25, 0.3) is 10.9 Å². The third kappa shape index (κ3) is 2.19. The lowest BCUT2D eigenvalue weighted by Gasteiger charge is -2.07. The van der Waals surface area contributed by atoms with E-state index in [0.717, 1.165) is 23.2 Å². The summed E-state index contributed by atoms with van der Waals surface area (Å²) in [5.41, 5.74) is 1.05. The van der Waals surface area contributed by atoms with Crippen LogP contribution in [0.2, 0.25) is 0 Å². The lowest BCUT2D eigenvalue weighted by atomic mass is 10.2. The summed E-state index contributed by atoms with van der Waals surface area (Å²) < 4.78 is 2.05. The molecule has 0 bridgehead atoms. The van der Waals surface area contributed by atoms with Gasteiger partial charge in [-0.2, -0.15) is 12.6 Å². The Bertz CT molecular complexity index is 571. The molecule has 1 aromatic heterocycles. The standard InChI is InChI=1S/C13H13NOS/c15-13-7-9-14(8-3-4-10-16)12-6-2-1-5-11(12)13/h1-7,9,16H,8,10H2. The molecule has 0 aliphatic rings. The van der Waals surface area contributed by atoms with Crippen molar-refractivity contribution in [2.45, 2.75) is 6.54 Å². The van der Waals surface area contributed by atoms with E-state index in [-0.39, 0.29) is 5.43 Å². The highest BCUT2D eigenvalue weighted by Gasteiger charge is 1.99. The van der Waals surface area contributed by atoms with Crippen molar-refractivity contribution in [3.63, 3.8) is 0 Å². The van der Waals surface area contributed by atoms with Crippen molar-refractivity contribution in [1.82, 2.24) is 4.57 Å². The molecule has 1 heterocycles. The van der Waals surface area contributed by atoms with Gasteiger partial charge >= 0.3 is 0 Å². The number of allylic oxidation sites excluding steroid dienone is 1. The van der Waals surface area contributed by atoms with Gasteiger partial charge in [-0.25, -0.2) is 0 Å². The molecule has 0 aliphatic heterocycles. The fourth-order valence-electron chi connectivity index (χ4n) is 1.68. The molecule has 0 aliphatic carbocycles. The fraction of sp³-hybridized carbons (Fsp3) is 0.154. The number of fused-ring (bicyclic) bond motifs is 1. The summed E-state index contributed by atoms with van der Waals surface area (Å²) in [6.07, 6.45) is 5.87. The van der Waals surface area contributed by atoms with Gasteiger partial charge in [-0.3, -0.25) is 4.79 Å². The number of benzene rings is 1. The largest absolute Gasteiger partial charge is 0.343 e. The van der Waals surface area contributed by atoms with E-state index in [9.17, 15) is 4.79 Å². The van der Waals surface area contributed by atoms with Crippen molar-refractivity contribution in [3.8, 4) is 0 Å². The van der Waals surface area contributed by atoms with E-state index in [0.29, 0.717) is 0 Å². The SMILES string of the molecule is O=c1ccn(CC=CCS)c2ccccc12. The van der Waals surface area contributed by atoms with E-state index in [2.05, 4.69) is 17.2 Å². The monoisotopic (exact) mass is 231 g/mol. The molecule has 82 valence electrons. The number of hydrogen-bond acceptors (Lipinski definition) is 2. The molecule has 0 saturated heterocycles. The molecule has 0 N–H and O–H groups in total. The molecular weight excluding hydrogens is 218 g/mol.